The molecule has 0 bridgehead atoms. The van der Waals surface area contributed by atoms with Crippen molar-refractivity contribution in [2.24, 2.45) is 5.92 Å². The zero-order valence-corrected chi connectivity index (χ0v) is 14.7. The van der Waals surface area contributed by atoms with Gasteiger partial charge in [0.15, 0.2) is 0 Å². The third kappa shape index (κ3) is 7.59. The molecule has 0 aromatic carbocycles. The quantitative estimate of drug-likeness (QED) is 0.622. The highest BCUT2D eigenvalue weighted by molar-refractivity contribution is 6.38. The topological polar surface area (TPSA) is 78.5 Å². The van der Waals surface area contributed by atoms with E-state index in [-0.39, 0.29) is 12.5 Å². The van der Waals surface area contributed by atoms with Crippen LogP contribution >= 0.6 is 0 Å². The number of hydrogen-bond acceptors (Lipinski definition) is 4. The van der Waals surface area contributed by atoms with Crippen LogP contribution in [0.4, 0.5) is 0 Å². The van der Waals surface area contributed by atoms with Crippen molar-refractivity contribution < 1.29 is 14.4 Å². The van der Waals surface area contributed by atoms with E-state index in [1.807, 2.05) is 6.92 Å². The van der Waals surface area contributed by atoms with Gasteiger partial charge >= 0.3 is 0 Å². The molecule has 1 unspecified atom stereocenters. The van der Waals surface area contributed by atoms with Crippen molar-refractivity contribution >= 4 is 17.6 Å². The molecule has 0 heterocycles. The lowest BCUT2D eigenvalue weighted by molar-refractivity contribution is -0.140. The van der Waals surface area contributed by atoms with Crippen LogP contribution in [0.5, 0.6) is 0 Å². The van der Waals surface area contributed by atoms with Crippen LogP contribution in [-0.4, -0.2) is 55.7 Å². The van der Waals surface area contributed by atoms with Crippen LogP contribution in [0.1, 0.15) is 51.9 Å². The SMILES string of the molecule is CCCC(NC(=O)CN(C)C)C(=O)C(=O)NCC1CCCCC1. The minimum absolute atomic E-state index is 0.206. The molecule has 1 rings (SSSR count). The van der Waals surface area contributed by atoms with Gasteiger partial charge in [-0.1, -0.05) is 32.6 Å². The first kappa shape index (κ1) is 19.6. The van der Waals surface area contributed by atoms with Gasteiger partial charge < -0.3 is 15.5 Å². The van der Waals surface area contributed by atoms with Crippen molar-refractivity contribution in [3.63, 3.8) is 0 Å². The fourth-order valence-corrected chi connectivity index (χ4v) is 2.96. The maximum Gasteiger partial charge on any atom is 0.289 e. The number of likely N-dealkylation sites (N-methyl/N-ethyl adjacent to an activating group) is 1. The Balaban J connectivity index is 2.47. The average molecular weight is 325 g/mol. The molecular weight excluding hydrogens is 294 g/mol. The first-order chi connectivity index (χ1) is 10.9. The maximum atomic E-state index is 12.3. The summed E-state index contributed by atoms with van der Waals surface area (Å²) in [7, 11) is 3.57. The molecule has 0 saturated heterocycles. The summed E-state index contributed by atoms with van der Waals surface area (Å²) in [5.74, 6) is -0.857. The highest BCUT2D eigenvalue weighted by Gasteiger charge is 2.26. The molecule has 0 radical (unpaired) electrons. The standard InChI is InChI=1S/C17H31N3O3/c1-4-8-14(19-15(21)12-20(2)3)16(22)17(23)18-11-13-9-6-5-7-10-13/h13-14H,4-12H2,1-3H3,(H,18,23)(H,19,21). The van der Waals surface area contributed by atoms with Crippen molar-refractivity contribution in [1.29, 1.82) is 0 Å². The van der Waals surface area contributed by atoms with Crippen molar-refractivity contribution in [3.05, 3.63) is 0 Å². The van der Waals surface area contributed by atoms with Crippen LogP contribution in [0, 0.1) is 5.92 Å². The van der Waals surface area contributed by atoms with E-state index in [1.54, 1.807) is 19.0 Å². The van der Waals surface area contributed by atoms with Gasteiger partial charge in [0.25, 0.3) is 5.91 Å². The van der Waals surface area contributed by atoms with E-state index in [2.05, 4.69) is 10.6 Å². The van der Waals surface area contributed by atoms with Crippen LogP contribution in [0.15, 0.2) is 0 Å². The van der Waals surface area contributed by atoms with Gasteiger partial charge in [0.05, 0.1) is 12.6 Å². The van der Waals surface area contributed by atoms with Gasteiger partial charge in [0.1, 0.15) is 0 Å². The molecule has 0 spiro atoms. The summed E-state index contributed by atoms with van der Waals surface area (Å²) in [6.45, 7) is 2.70. The minimum Gasteiger partial charge on any atom is -0.349 e. The van der Waals surface area contributed by atoms with Crippen molar-refractivity contribution in [3.8, 4) is 0 Å². The third-order valence-electron chi connectivity index (χ3n) is 4.19. The van der Waals surface area contributed by atoms with Crippen LogP contribution in [-0.2, 0) is 14.4 Å². The lowest BCUT2D eigenvalue weighted by Crippen LogP contribution is -2.49. The minimum atomic E-state index is -0.723. The Hall–Kier alpha value is -1.43. The highest BCUT2D eigenvalue weighted by atomic mass is 16.2. The number of rotatable bonds is 9. The second kappa shape index (κ2) is 10.4. The van der Waals surface area contributed by atoms with E-state index in [0.29, 0.717) is 18.9 Å². The molecule has 0 aromatic heterocycles. The number of nitrogens with one attached hydrogen (secondary N) is 2. The summed E-state index contributed by atoms with van der Waals surface area (Å²) in [5.41, 5.74) is 0. The van der Waals surface area contributed by atoms with Gasteiger partial charge in [-0.15, -0.1) is 0 Å². The molecule has 23 heavy (non-hydrogen) atoms. The van der Waals surface area contributed by atoms with Crippen LogP contribution < -0.4 is 10.6 Å². The van der Waals surface area contributed by atoms with E-state index in [1.165, 1.54) is 19.3 Å². The monoisotopic (exact) mass is 325 g/mol. The van der Waals surface area contributed by atoms with Crippen molar-refractivity contribution in [2.75, 3.05) is 27.2 Å². The Morgan fingerprint density at radius 1 is 1.13 bits per heavy atom. The normalized spacial score (nSPS) is 16.9. The second-order valence-electron chi connectivity index (χ2n) is 6.72. The predicted molar refractivity (Wildman–Crippen MR) is 90.0 cm³/mol. The summed E-state index contributed by atoms with van der Waals surface area (Å²) in [5, 5.41) is 5.43. The Bertz CT molecular complexity index is 404. The van der Waals surface area contributed by atoms with E-state index in [4.69, 9.17) is 0 Å². The smallest absolute Gasteiger partial charge is 0.289 e. The molecule has 0 aliphatic heterocycles. The molecule has 6 nitrogen and oxygen atoms in total. The number of hydrogen-bond donors (Lipinski definition) is 2. The largest absolute Gasteiger partial charge is 0.349 e. The fraction of sp³-hybridized carbons (Fsp3) is 0.824. The van der Waals surface area contributed by atoms with E-state index < -0.39 is 17.7 Å². The number of amides is 2. The molecule has 1 aliphatic carbocycles. The number of Topliss-reactive ketones (excluding diaryl/α,β-unsaturated/α-hetero) is 1. The average Bonchev–Trinajstić information content (AvgIpc) is 2.51. The molecule has 1 fully saturated rings. The fourth-order valence-electron chi connectivity index (χ4n) is 2.96. The van der Waals surface area contributed by atoms with Gasteiger partial charge in [-0.05, 0) is 39.3 Å². The number of ketones is 1. The predicted octanol–water partition coefficient (Wildman–Crippen LogP) is 1.10. The Kier molecular flexibility index (Phi) is 8.84. The lowest BCUT2D eigenvalue weighted by atomic mass is 9.89. The Morgan fingerprint density at radius 2 is 1.78 bits per heavy atom. The van der Waals surface area contributed by atoms with E-state index in [0.717, 1.165) is 19.3 Å². The highest BCUT2D eigenvalue weighted by Crippen LogP contribution is 2.22. The van der Waals surface area contributed by atoms with Crippen LogP contribution in [0.2, 0.25) is 0 Å². The number of carbonyl (C=O) groups is 3. The number of nitrogens with zero attached hydrogens (tertiary/aromatic N) is 1. The summed E-state index contributed by atoms with van der Waals surface area (Å²) in [6.07, 6.45) is 7.11. The van der Waals surface area contributed by atoms with Gasteiger partial charge in [-0.3, -0.25) is 14.4 Å². The van der Waals surface area contributed by atoms with Gasteiger partial charge in [-0.2, -0.15) is 0 Å². The van der Waals surface area contributed by atoms with Crippen molar-refractivity contribution in [1.82, 2.24) is 15.5 Å². The summed E-state index contributed by atoms with van der Waals surface area (Å²) in [4.78, 5) is 37.9. The zero-order valence-electron chi connectivity index (χ0n) is 14.7. The molecule has 0 aromatic rings. The summed E-state index contributed by atoms with van der Waals surface area (Å²) >= 11 is 0. The van der Waals surface area contributed by atoms with Gasteiger partial charge in [0, 0.05) is 6.54 Å². The van der Waals surface area contributed by atoms with Crippen LogP contribution in [0.25, 0.3) is 0 Å². The molecular formula is C17H31N3O3. The van der Waals surface area contributed by atoms with Crippen molar-refractivity contribution in [2.45, 2.75) is 57.9 Å². The van der Waals surface area contributed by atoms with E-state index >= 15 is 0 Å². The molecule has 132 valence electrons. The zero-order chi connectivity index (χ0) is 17.2. The Morgan fingerprint density at radius 3 is 2.35 bits per heavy atom. The third-order valence-corrected chi connectivity index (χ3v) is 4.19. The second-order valence-corrected chi connectivity index (χ2v) is 6.72. The Labute approximate surface area is 139 Å². The molecule has 2 amide bonds. The lowest BCUT2D eigenvalue weighted by Gasteiger charge is -2.22. The van der Waals surface area contributed by atoms with Gasteiger partial charge in [0.2, 0.25) is 11.7 Å². The first-order valence-corrected chi connectivity index (χ1v) is 8.70. The van der Waals surface area contributed by atoms with E-state index in [9.17, 15) is 14.4 Å². The first-order valence-electron chi connectivity index (χ1n) is 8.70. The molecule has 6 heteroatoms. The van der Waals surface area contributed by atoms with Gasteiger partial charge in [-0.25, -0.2) is 0 Å². The summed E-state index contributed by atoms with van der Waals surface area (Å²) in [6, 6.07) is -0.723. The molecule has 1 aliphatic rings. The molecule has 1 saturated carbocycles. The number of carbonyl (C=O) groups excluding carboxylic acids is 3. The van der Waals surface area contributed by atoms with Crippen LogP contribution in [0.3, 0.4) is 0 Å². The summed E-state index contributed by atoms with van der Waals surface area (Å²) < 4.78 is 0. The maximum absolute atomic E-state index is 12.3. The molecule has 1 atom stereocenters. The molecule has 2 N–H and O–H groups in total.